The van der Waals surface area contributed by atoms with Gasteiger partial charge in [0, 0.05) is 16.6 Å². The summed E-state index contributed by atoms with van der Waals surface area (Å²) in [5, 5.41) is 9.39. The summed E-state index contributed by atoms with van der Waals surface area (Å²) in [5.41, 5.74) is 3.57. The van der Waals surface area contributed by atoms with Crippen molar-refractivity contribution in [3.63, 3.8) is 0 Å². The van der Waals surface area contributed by atoms with Crippen molar-refractivity contribution in [1.29, 1.82) is 0 Å². The molecule has 118 valence electrons. The van der Waals surface area contributed by atoms with Crippen LogP contribution in [0.15, 0.2) is 59.0 Å². The van der Waals surface area contributed by atoms with E-state index in [1.54, 1.807) is 7.11 Å². The maximum absolute atomic E-state index is 5.90. The molecule has 0 fully saturated rings. The number of benzene rings is 2. The standard InChI is InChI=1S/C19H15N3O2/c1-12-11-16(15-5-3-4-6-17(15)20-12)19-22-21-18(24-19)13-7-9-14(23-2)10-8-13/h3-11H,1-2H3. The van der Waals surface area contributed by atoms with E-state index >= 15 is 0 Å². The van der Waals surface area contributed by atoms with E-state index in [0.29, 0.717) is 11.8 Å². The van der Waals surface area contributed by atoms with Crippen LogP contribution in [-0.2, 0) is 0 Å². The third-order valence-electron chi connectivity index (χ3n) is 3.84. The van der Waals surface area contributed by atoms with E-state index in [-0.39, 0.29) is 0 Å². The Morgan fingerprint density at radius 3 is 2.46 bits per heavy atom. The lowest BCUT2D eigenvalue weighted by atomic mass is 10.1. The van der Waals surface area contributed by atoms with E-state index in [0.717, 1.165) is 33.5 Å². The van der Waals surface area contributed by atoms with E-state index < -0.39 is 0 Å². The summed E-state index contributed by atoms with van der Waals surface area (Å²) in [6, 6.07) is 17.4. The van der Waals surface area contributed by atoms with Crippen LogP contribution in [0.5, 0.6) is 5.75 Å². The van der Waals surface area contributed by atoms with Crippen molar-refractivity contribution in [2.45, 2.75) is 6.92 Å². The van der Waals surface area contributed by atoms with Gasteiger partial charge in [-0.2, -0.15) is 0 Å². The molecule has 4 rings (SSSR count). The van der Waals surface area contributed by atoms with Crippen molar-refractivity contribution in [3.05, 3.63) is 60.3 Å². The lowest BCUT2D eigenvalue weighted by Crippen LogP contribution is -1.88. The predicted molar refractivity (Wildman–Crippen MR) is 91.8 cm³/mol. The van der Waals surface area contributed by atoms with E-state index in [9.17, 15) is 0 Å². The average molecular weight is 317 g/mol. The van der Waals surface area contributed by atoms with Gasteiger partial charge in [-0.1, -0.05) is 18.2 Å². The van der Waals surface area contributed by atoms with Crippen molar-refractivity contribution < 1.29 is 9.15 Å². The Morgan fingerprint density at radius 2 is 1.67 bits per heavy atom. The largest absolute Gasteiger partial charge is 0.497 e. The Bertz CT molecular complexity index is 1010. The minimum absolute atomic E-state index is 0.478. The molecule has 0 unspecified atom stereocenters. The summed E-state index contributed by atoms with van der Waals surface area (Å²) in [7, 11) is 1.64. The molecule has 0 aliphatic heterocycles. The minimum Gasteiger partial charge on any atom is -0.497 e. The second-order valence-corrected chi connectivity index (χ2v) is 5.47. The first-order valence-corrected chi connectivity index (χ1v) is 7.59. The molecule has 24 heavy (non-hydrogen) atoms. The number of rotatable bonds is 3. The zero-order valence-corrected chi connectivity index (χ0v) is 13.4. The Hall–Kier alpha value is -3.21. The molecule has 0 saturated heterocycles. The number of methoxy groups -OCH3 is 1. The van der Waals surface area contributed by atoms with Crippen LogP contribution in [0.25, 0.3) is 33.8 Å². The number of ether oxygens (including phenoxy) is 1. The van der Waals surface area contributed by atoms with Gasteiger partial charge in [-0.05, 0) is 43.3 Å². The number of aromatic nitrogens is 3. The lowest BCUT2D eigenvalue weighted by molar-refractivity contribution is 0.415. The van der Waals surface area contributed by atoms with Gasteiger partial charge in [0.15, 0.2) is 0 Å². The van der Waals surface area contributed by atoms with Crippen LogP contribution in [0.1, 0.15) is 5.69 Å². The minimum atomic E-state index is 0.478. The van der Waals surface area contributed by atoms with Gasteiger partial charge in [-0.15, -0.1) is 10.2 Å². The first-order chi connectivity index (χ1) is 11.7. The summed E-state index contributed by atoms with van der Waals surface area (Å²) in [6.45, 7) is 1.96. The molecule has 0 spiro atoms. The van der Waals surface area contributed by atoms with Gasteiger partial charge < -0.3 is 9.15 Å². The second-order valence-electron chi connectivity index (χ2n) is 5.47. The Kier molecular flexibility index (Phi) is 3.46. The van der Waals surface area contributed by atoms with Crippen LogP contribution in [0, 0.1) is 6.92 Å². The smallest absolute Gasteiger partial charge is 0.248 e. The molecule has 2 aromatic heterocycles. The van der Waals surface area contributed by atoms with Crippen LogP contribution in [0.2, 0.25) is 0 Å². The molecule has 0 N–H and O–H groups in total. The Labute approximate surface area is 138 Å². The molecule has 0 amide bonds. The molecule has 2 aromatic carbocycles. The van der Waals surface area contributed by atoms with E-state index in [1.165, 1.54) is 0 Å². The predicted octanol–water partition coefficient (Wildman–Crippen LogP) is 4.27. The second kappa shape index (κ2) is 5.77. The van der Waals surface area contributed by atoms with E-state index in [4.69, 9.17) is 9.15 Å². The molecule has 0 atom stereocenters. The summed E-state index contributed by atoms with van der Waals surface area (Å²) >= 11 is 0. The summed E-state index contributed by atoms with van der Waals surface area (Å²) < 4.78 is 11.1. The van der Waals surface area contributed by atoms with Crippen molar-refractivity contribution in [3.8, 4) is 28.7 Å². The van der Waals surface area contributed by atoms with Crippen LogP contribution in [0.3, 0.4) is 0 Å². The maximum atomic E-state index is 5.90. The zero-order valence-electron chi connectivity index (χ0n) is 13.4. The maximum Gasteiger partial charge on any atom is 0.248 e. The topological polar surface area (TPSA) is 61.0 Å². The van der Waals surface area contributed by atoms with Crippen molar-refractivity contribution in [2.75, 3.05) is 7.11 Å². The van der Waals surface area contributed by atoms with E-state index in [2.05, 4.69) is 15.2 Å². The van der Waals surface area contributed by atoms with Gasteiger partial charge in [-0.3, -0.25) is 4.98 Å². The number of para-hydroxylation sites is 1. The highest BCUT2D eigenvalue weighted by Crippen LogP contribution is 2.30. The fraction of sp³-hybridized carbons (Fsp3) is 0.105. The molecule has 0 bridgehead atoms. The first kappa shape index (κ1) is 14.4. The van der Waals surface area contributed by atoms with Crippen LogP contribution < -0.4 is 4.74 Å². The molecular formula is C19H15N3O2. The van der Waals surface area contributed by atoms with Gasteiger partial charge in [0.2, 0.25) is 11.8 Å². The zero-order chi connectivity index (χ0) is 16.5. The van der Waals surface area contributed by atoms with Crippen molar-refractivity contribution >= 4 is 10.9 Å². The van der Waals surface area contributed by atoms with Gasteiger partial charge in [-0.25, -0.2) is 0 Å². The fourth-order valence-corrected chi connectivity index (χ4v) is 2.67. The first-order valence-electron chi connectivity index (χ1n) is 7.59. The fourth-order valence-electron chi connectivity index (χ4n) is 2.67. The molecule has 0 radical (unpaired) electrons. The highest BCUT2D eigenvalue weighted by molar-refractivity contribution is 5.92. The van der Waals surface area contributed by atoms with Gasteiger partial charge >= 0.3 is 0 Å². The highest BCUT2D eigenvalue weighted by Gasteiger charge is 2.14. The average Bonchev–Trinajstić information content (AvgIpc) is 3.11. The van der Waals surface area contributed by atoms with E-state index in [1.807, 2.05) is 61.5 Å². The van der Waals surface area contributed by atoms with Crippen molar-refractivity contribution in [1.82, 2.24) is 15.2 Å². The molecule has 4 aromatic rings. The highest BCUT2D eigenvalue weighted by atomic mass is 16.5. The molecular weight excluding hydrogens is 302 g/mol. The third kappa shape index (κ3) is 2.50. The molecule has 5 heteroatoms. The number of hydrogen-bond acceptors (Lipinski definition) is 5. The lowest BCUT2D eigenvalue weighted by Gasteiger charge is -2.04. The van der Waals surface area contributed by atoms with Gasteiger partial charge in [0.05, 0.1) is 18.2 Å². The van der Waals surface area contributed by atoms with Gasteiger partial charge in [0.25, 0.3) is 0 Å². The number of hydrogen-bond donors (Lipinski definition) is 0. The molecule has 5 nitrogen and oxygen atoms in total. The molecule has 0 aliphatic carbocycles. The number of pyridine rings is 1. The summed E-state index contributed by atoms with van der Waals surface area (Å²) in [5.74, 6) is 1.75. The number of nitrogens with zero attached hydrogens (tertiary/aromatic N) is 3. The Morgan fingerprint density at radius 1 is 0.917 bits per heavy atom. The number of aryl methyl sites for hydroxylation is 1. The van der Waals surface area contributed by atoms with Crippen molar-refractivity contribution in [2.24, 2.45) is 0 Å². The Balaban J connectivity index is 1.80. The van der Waals surface area contributed by atoms with Crippen LogP contribution >= 0.6 is 0 Å². The number of fused-ring (bicyclic) bond motifs is 1. The quantitative estimate of drug-likeness (QED) is 0.565. The normalized spacial score (nSPS) is 10.9. The molecule has 0 saturated carbocycles. The molecule has 2 heterocycles. The van der Waals surface area contributed by atoms with Gasteiger partial charge in [0.1, 0.15) is 5.75 Å². The SMILES string of the molecule is COc1ccc(-c2nnc(-c3cc(C)nc4ccccc34)o2)cc1. The summed E-state index contributed by atoms with van der Waals surface area (Å²) in [6.07, 6.45) is 0. The van der Waals surface area contributed by atoms with Crippen LogP contribution in [-0.4, -0.2) is 22.3 Å². The van der Waals surface area contributed by atoms with Crippen LogP contribution in [0.4, 0.5) is 0 Å². The molecule has 0 aliphatic rings. The monoisotopic (exact) mass is 317 g/mol. The third-order valence-corrected chi connectivity index (χ3v) is 3.84. The summed E-state index contributed by atoms with van der Waals surface area (Å²) in [4.78, 5) is 4.54.